The molecule has 3 rings (SSSR count). The van der Waals surface area contributed by atoms with Crippen LogP contribution in [0.3, 0.4) is 0 Å². The van der Waals surface area contributed by atoms with Crippen LogP contribution in [0.5, 0.6) is 5.75 Å². The largest absolute Gasteiger partial charge is 0.490 e. The summed E-state index contributed by atoms with van der Waals surface area (Å²) in [6.45, 7) is 0. The van der Waals surface area contributed by atoms with E-state index >= 15 is 0 Å². The molecule has 22 heavy (non-hydrogen) atoms. The molecule has 0 bridgehead atoms. The van der Waals surface area contributed by atoms with Crippen LogP contribution >= 0.6 is 0 Å². The molecule has 1 aliphatic rings. The van der Waals surface area contributed by atoms with E-state index in [1.54, 1.807) is 24.3 Å². The van der Waals surface area contributed by atoms with Crippen molar-refractivity contribution < 1.29 is 17.9 Å². The number of hydrogen-bond donors (Lipinski definition) is 1. The average molecular weight is 311 g/mol. The molecule has 118 valence electrons. The number of aromatic nitrogens is 1. The Bertz CT molecular complexity index is 715. The molecule has 0 radical (unpaired) electrons. The van der Waals surface area contributed by atoms with Crippen LogP contribution in [-0.2, 0) is 0 Å². The lowest BCUT2D eigenvalue weighted by Crippen LogP contribution is -2.31. The lowest BCUT2D eigenvalue weighted by Gasteiger charge is -2.30. The highest BCUT2D eigenvalue weighted by Gasteiger charge is 2.41. The highest BCUT2D eigenvalue weighted by molar-refractivity contribution is 5.84. The third-order valence-corrected chi connectivity index (χ3v) is 4.16. The minimum Gasteiger partial charge on any atom is -0.490 e. The van der Waals surface area contributed by atoms with E-state index < -0.39 is 12.1 Å². The number of ether oxygens (including phenoxy) is 1. The Kier molecular flexibility index (Phi) is 3.85. The summed E-state index contributed by atoms with van der Waals surface area (Å²) in [6.07, 6.45) is -3.32. The molecule has 1 fully saturated rings. The monoisotopic (exact) mass is 311 g/mol. The molecule has 2 aromatic rings. The Hall–Kier alpha value is -1.98. The van der Waals surface area contributed by atoms with Crippen LogP contribution < -0.4 is 10.3 Å². The second-order valence-electron chi connectivity index (χ2n) is 5.67. The normalized spacial score (nSPS) is 22.7. The SMILES string of the molecule is O=c1ccc2c(OC3CCC(C(F)(F)F)CC3)cccc2[nH]1. The van der Waals surface area contributed by atoms with Crippen molar-refractivity contribution in [3.63, 3.8) is 0 Å². The van der Waals surface area contributed by atoms with E-state index in [9.17, 15) is 18.0 Å². The van der Waals surface area contributed by atoms with Gasteiger partial charge < -0.3 is 9.72 Å². The molecular formula is C16H16F3NO2. The minimum absolute atomic E-state index is 0.107. The van der Waals surface area contributed by atoms with Gasteiger partial charge in [0.25, 0.3) is 0 Å². The van der Waals surface area contributed by atoms with E-state index in [4.69, 9.17) is 4.74 Å². The number of rotatable bonds is 2. The number of pyridine rings is 1. The molecule has 1 saturated carbocycles. The molecule has 3 nitrogen and oxygen atoms in total. The molecule has 0 aliphatic heterocycles. The first kappa shape index (κ1) is 14.9. The molecule has 1 N–H and O–H groups in total. The van der Waals surface area contributed by atoms with Crippen LogP contribution in [-0.4, -0.2) is 17.3 Å². The first-order valence-electron chi connectivity index (χ1n) is 7.29. The third-order valence-electron chi connectivity index (χ3n) is 4.16. The maximum Gasteiger partial charge on any atom is 0.391 e. The summed E-state index contributed by atoms with van der Waals surface area (Å²) in [5, 5.41) is 0.764. The van der Waals surface area contributed by atoms with E-state index in [0.717, 1.165) is 5.39 Å². The number of H-pyrrole nitrogens is 1. The Balaban J connectivity index is 1.74. The summed E-state index contributed by atoms with van der Waals surface area (Å²) in [5.41, 5.74) is 0.462. The smallest absolute Gasteiger partial charge is 0.391 e. The molecule has 1 heterocycles. The van der Waals surface area contributed by atoms with E-state index in [0.29, 0.717) is 24.1 Å². The lowest BCUT2D eigenvalue weighted by atomic mass is 9.87. The molecule has 0 saturated heterocycles. The maximum absolute atomic E-state index is 12.7. The highest BCUT2D eigenvalue weighted by Crippen LogP contribution is 2.39. The molecule has 0 unspecified atom stereocenters. The van der Waals surface area contributed by atoms with Crippen LogP contribution in [0.4, 0.5) is 13.2 Å². The highest BCUT2D eigenvalue weighted by atomic mass is 19.4. The van der Waals surface area contributed by atoms with Gasteiger partial charge in [0.05, 0.1) is 17.5 Å². The average Bonchev–Trinajstić information content (AvgIpc) is 2.47. The fraction of sp³-hybridized carbons (Fsp3) is 0.438. The molecule has 6 heteroatoms. The fourth-order valence-corrected chi connectivity index (χ4v) is 2.95. The van der Waals surface area contributed by atoms with Crippen LogP contribution in [0.25, 0.3) is 10.9 Å². The number of alkyl halides is 3. The van der Waals surface area contributed by atoms with Crippen LogP contribution in [0.2, 0.25) is 0 Å². The standard InChI is InChI=1S/C16H16F3NO2/c17-16(18,19)10-4-6-11(7-5-10)22-14-3-1-2-13-12(14)8-9-15(21)20-13/h1-3,8-11H,4-7H2,(H,20,21). The molecule has 0 spiro atoms. The zero-order valence-electron chi connectivity index (χ0n) is 11.8. The van der Waals surface area contributed by atoms with Crippen molar-refractivity contribution in [2.45, 2.75) is 38.0 Å². The topological polar surface area (TPSA) is 42.1 Å². The van der Waals surface area contributed by atoms with Crippen molar-refractivity contribution in [1.82, 2.24) is 4.98 Å². The summed E-state index contributed by atoms with van der Waals surface area (Å²) in [6, 6.07) is 8.39. The van der Waals surface area contributed by atoms with Crippen molar-refractivity contribution in [1.29, 1.82) is 0 Å². The number of benzene rings is 1. The van der Waals surface area contributed by atoms with Crippen LogP contribution in [0, 0.1) is 5.92 Å². The van der Waals surface area contributed by atoms with Gasteiger partial charge in [0.2, 0.25) is 5.56 Å². The maximum atomic E-state index is 12.7. The molecule has 1 aliphatic carbocycles. The van der Waals surface area contributed by atoms with Gasteiger partial charge in [0.15, 0.2) is 0 Å². The van der Waals surface area contributed by atoms with E-state index in [2.05, 4.69) is 4.98 Å². The van der Waals surface area contributed by atoms with Crippen LogP contribution in [0.15, 0.2) is 35.1 Å². The first-order chi connectivity index (χ1) is 10.4. The number of halogens is 3. The summed E-state index contributed by atoms with van der Waals surface area (Å²) in [5.74, 6) is -0.611. The number of aromatic amines is 1. The summed E-state index contributed by atoms with van der Waals surface area (Å²) < 4.78 is 43.9. The van der Waals surface area contributed by atoms with Gasteiger partial charge in [-0.05, 0) is 43.9 Å². The van der Waals surface area contributed by atoms with Gasteiger partial charge in [-0.3, -0.25) is 4.79 Å². The number of fused-ring (bicyclic) bond motifs is 1. The predicted molar refractivity (Wildman–Crippen MR) is 77.0 cm³/mol. The van der Waals surface area contributed by atoms with E-state index in [-0.39, 0.29) is 24.5 Å². The zero-order chi connectivity index (χ0) is 15.7. The van der Waals surface area contributed by atoms with Crippen molar-refractivity contribution in [2.24, 2.45) is 5.92 Å². The quantitative estimate of drug-likeness (QED) is 0.910. The van der Waals surface area contributed by atoms with Crippen molar-refractivity contribution in [2.75, 3.05) is 0 Å². The summed E-state index contributed by atoms with van der Waals surface area (Å²) >= 11 is 0. The van der Waals surface area contributed by atoms with Gasteiger partial charge in [-0.25, -0.2) is 0 Å². The van der Waals surface area contributed by atoms with Gasteiger partial charge >= 0.3 is 6.18 Å². The summed E-state index contributed by atoms with van der Waals surface area (Å²) in [7, 11) is 0. The Morgan fingerprint density at radius 1 is 1.05 bits per heavy atom. The molecule has 1 aromatic heterocycles. The molecular weight excluding hydrogens is 295 g/mol. The summed E-state index contributed by atoms with van der Waals surface area (Å²) in [4.78, 5) is 14.0. The van der Waals surface area contributed by atoms with Gasteiger partial charge in [0, 0.05) is 11.5 Å². The van der Waals surface area contributed by atoms with Gasteiger partial charge in [-0.2, -0.15) is 13.2 Å². The lowest BCUT2D eigenvalue weighted by molar-refractivity contribution is -0.185. The van der Waals surface area contributed by atoms with Gasteiger partial charge in [0.1, 0.15) is 5.75 Å². The molecule has 0 atom stereocenters. The fourth-order valence-electron chi connectivity index (χ4n) is 2.95. The Morgan fingerprint density at radius 2 is 1.77 bits per heavy atom. The van der Waals surface area contributed by atoms with Crippen molar-refractivity contribution in [3.8, 4) is 5.75 Å². The molecule has 0 amide bonds. The minimum atomic E-state index is -4.11. The van der Waals surface area contributed by atoms with Gasteiger partial charge in [-0.15, -0.1) is 0 Å². The van der Waals surface area contributed by atoms with Gasteiger partial charge in [-0.1, -0.05) is 6.07 Å². The van der Waals surface area contributed by atoms with E-state index in [1.165, 1.54) is 6.07 Å². The second kappa shape index (κ2) is 5.66. The van der Waals surface area contributed by atoms with E-state index in [1.807, 2.05) is 0 Å². The zero-order valence-corrected chi connectivity index (χ0v) is 11.8. The van der Waals surface area contributed by atoms with Crippen LogP contribution in [0.1, 0.15) is 25.7 Å². The van der Waals surface area contributed by atoms with Crippen molar-refractivity contribution in [3.05, 3.63) is 40.7 Å². The third kappa shape index (κ3) is 3.10. The molecule has 1 aromatic carbocycles. The second-order valence-corrected chi connectivity index (χ2v) is 5.67. The number of hydrogen-bond acceptors (Lipinski definition) is 2. The number of nitrogens with one attached hydrogen (secondary N) is 1. The predicted octanol–water partition coefficient (Wildman–Crippen LogP) is 4.03. The Morgan fingerprint density at radius 3 is 2.45 bits per heavy atom. The van der Waals surface area contributed by atoms with Crippen molar-refractivity contribution >= 4 is 10.9 Å². The first-order valence-corrected chi connectivity index (χ1v) is 7.29. The Labute approximate surface area is 125 Å².